The van der Waals surface area contributed by atoms with Crippen LogP contribution in [0.1, 0.15) is 36.2 Å². The average molecular weight is 241 g/mol. The van der Waals surface area contributed by atoms with Crippen molar-refractivity contribution in [2.24, 2.45) is 5.92 Å². The third-order valence-corrected chi connectivity index (χ3v) is 2.78. The van der Waals surface area contributed by atoms with E-state index >= 15 is 0 Å². The average Bonchev–Trinajstić information content (AvgIpc) is 2.20. The van der Waals surface area contributed by atoms with Gasteiger partial charge in [-0.15, -0.1) is 0 Å². The largest absolute Gasteiger partial charge is 0.496 e. The summed E-state index contributed by atoms with van der Waals surface area (Å²) < 4.78 is 5.20. The highest BCUT2D eigenvalue weighted by atomic mass is 35.5. The molecule has 0 amide bonds. The minimum atomic E-state index is 0.0775. The van der Waals surface area contributed by atoms with Crippen LogP contribution in [0, 0.1) is 12.8 Å². The van der Waals surface area contributed by atoms with E-state index in [-0.39, 0.29) is 5.78 Å². The van der Waals surface area contributed by atoms with E-state index in [1.54, 1.807) is 19.2 Å². The van der Waals surface area contributed by atoms with Crippen LogP contribution in [0.25, 0.3) is 0 Å². The first-order valence-electron chi connectivity index (χ1n) is 5.33. The van der Waals surface area contributed by atoms with E-state index in [9.17, 15) is 4.79 Å². The molecule has 88 valence electrons. The third-order valence-electron chi connectivity index (χ3n) is 2.37. The Hall–Kier alpha value is -1.02. The predicted molar refractivity (Wildman–Crippen MR) is 66.5 cm³/mol. The molecule has 0 spiro atoms. The minimum Gasteiger partial charge on any atom is -0.496 e. The van der Waals surface area contributed by atoms with Gasteiger partial charge in [0, 0.05) is 11.4 Å². The van der Waals surface area contributed by atoms with Crippen LogP contribution in [0.3, 0.4) is 0 Å². The molecule has 0 atom stereocenters. The molecule has 0 aliphatic rings. The second-order valence-corrected chi connectivity index (χ2v) is 4.73. The van der Waals surface area contributed by atoms with Crippen molar-refractivity contribution in [3.8, 4) is 5.75 Å². The zero-order valence-electron chi connectivity index (χ0n) is 10.1. The van der Waals surface area contributed by atoms with Crippen LogP contribution < -0.4 is 4.74 Å². The number of halogens is 1. The highest BCUT2D eigenvalue weighted by molar-refractivity contribution is 6.31. The molecule has 0 radical (unpaired) electrons. The van der Waals surface area contributed by atoms with Gasteiger partial charge in [-0.25, -0.2) is 0 Å². The Balaban J connectivity index is 3.11. The Morgan fingerprint density at radius 2 is 2.06 bits per heavy atom. The van der Waals surface area contributed by atoms with E-state index in [1.807, 2.05) is 20.8 Å². The highest BCUT2D eigenvalue weighted by Crippen LogP contribution is 2.28. The number of hydrogen-bond acceptors (Lipinski definition) is 2. The summed E-state index contributed by atoms with van der Waals surface area (Å²) in [7, 11) is 1.56. The van der Waals surface area contributed by atoms with Crippen molar-refractivity contribution in [1.29, 1.82) is 0 Å². The zero-order valence-corrected chi connectivity index (χ0v) is 10.9. The number of carbonyl (C=O) groups excluding carboxylic acids is 1. The second-order valence-electron chi connectivity index (χ2n) is 4.32. The monoisotopic (exact) mass is 240 g/mol. The maximum Gasteiger partial charge on any atom is 0.166 e. The van der Waals surface area contributed by atoms with Crippen LogP contribution in [-0.2, 0) is 0 Å². The number of ether oxygens (including phenoxy) is 1. The summed E-state index contributed by atoms with van der Waals surface area (Å²) in [5.74, 6) is 1.01. The van der Waals surface area contributed by atoms with E-state index in [0.717, 1.165) is 5.56 Å². The lowest BCUT2D eigenvalue weighted by molar-refractivity contribution is 0.0965. The first-order chi connectivity index (χ1) is 7.45. The molecular weight excluding hydrogens is 224 g/mol. The van der Waals surface area contributed by atoms with Gasteiger partial charge in [0.1, 0.15) is 5.75 Å². The number of benzene rings is 1. The fourth-order valence-corrected chi connectivity index (χ4v) is 1.69. The van der Waals surface area contributed by atoms with Crippen LogP contribution in [0.15, 0.2) is 12.1 Å². The maximum atomic E-state index is 12.0. The number of aryl methyl sites for hydroxylation is 1. The molecular formula is C13H17ClO2. The molecule has 0 aromatic heterocycles. The van der Waals surface area contributed by atoms with Gasteiger partial charge in [0.05, 0.1) is 12.7 Å². The Bertz CT molecular complexity index is 397. The SMILES string of the molecule is COc1cc(C)c(Cl)cc1C(=O)CC(C)C. The van der Waals surface area contributed by atoms with Crippen molar-refractivity contribution in [3.05, 3.63) is 28.3 Å². The van der Waals surface area contributed by atoms with Crippen molar-refractivity contribution >= 4 is 17.4 Å². The van der Waals surface area contributed by atoms with E-state index in [2.05, 4.69) is 0 Å². The lowest BCUT2D eigenvalue weighted by Crippen LogP contribution is -2.06. The van der Waals surface area contributed by atoms with Crippen LogP contribution in [0.4, 0.5) is 0 Å². The summed E-state index contributed by atoms with van der Waals surface area (Å²) in [6.45, 7) is 5.92. The lowest BCUT2D eigenvalue weighted by Gasteiger charge is -2.11. The van der Waals surface area contributed by atoms with E-state index in [1.165, 1.54) is 0 Å². The van der Waals surface area contributed by atoms with Gasteiger partial charge in [-0.05, 0) is 30.5 Å². The fourth-order valence-electron chi connectivity index (χ4n) is 1.52. The van der Waals surface area contributed by atoms with Gasteiger partial charge < -0.3 is 4.74 Å². The van der Waals surface area contributed by atoms with Crippen LogP contribution in [-0.4, -0.2) is 12.9 Å². The number of methoxy groups -OCH3 is 1. The predicted octanol–water partition coefficient (Wildman–Crippen LogP) is 3.89. The van der Waals surface area contributed by atoms with Crippen LogP contribution in [0.5, 0.6) is 5.75 Å². The van der Waals surface area contributed by atoms with Gasteiger partial charge in [0.2, 0.25) is 0 Å². The van der Waals surface area contributed by atoms with Gasteiger partial charge in [0.15, 0.2) is 5.78 Å². The van der Waals surface area contributed by atoms with Crippen molar-refractivity contribution in [3.63, 3.8) is 0 Å². The maximum absolute atomic E-state index is 12.0. The molecule has 1 aromatic rings. The van der Waals surface area contributed by atoms with Gasteiger partial charge in [0.25, 0.3) is 0 Å². The Kier molecular flexibility index (Phi) is 4.36. The number of hydrogen-bond donors (Lipinski definition) is 0. The minimum absolute atomic E-state index is 0.0775. The number of carbonyl (C=O) groups is 1. The lowest BCUT2D eigenvalue weighted by atomic mass is 9.99. The van der Waals surface area contributed by atoms with Gasteiger partial charge in [-0.3, -0.25) is 4.79 Å². The summed E-state index contributed by atoms with van der Waals surface area (Å²) in [6.07, 6.45) is 0.510. The molecule has 2 nitrogen and oxygen atoms in total. The molecule has 1 rings (SSSR count). The molecule has 0 saturated carbocycles. The Morgan fingerprint density at radius 1 is 1.44 bits per heavy atom. The smallest absolute Gasteiger partial charge is 0.166 e. The van der Waals surface area contributed by atoms with Crippen molar-refractivity contribution in [2.45, 2.75) is 27.2 Å². The van der Waals surface area contributed by atoms with Crippen molar-refractivity contribution in [1.82, 2.24) is 0 Å². The number of rotatable bonds is 4. The normalized spacial score (nSPS) is 10.6. The molecule has 0 N–H and O–H groups in total. The van der Waals surface area contributed by atoms with E-state index in [0.29, 0.717) is 28.7 Å². The number of ketones is 1. The van der Waals surface area contributed by atoms with Crippen LogP contribution in [0.2, 0.25) is 5.02 Å². The standard InChI is InChI=1S/C13H17ClO2/c1-8(2)5-12(15)10-7-11(14)9(3)6-13(10)16-4/h6-8H,5H2,1-4H3. The number of Topliss-reactive ketones (excluding diaryl/α,β-unsaturated/α-hetero) is 1. The van der Waals surface area contributed by atoms with E-state index < -0.39 is 0 Å². The van der Waals surface area contributed by atoms with Crippen molar-refractivity contribution in [2.75, 3.05) is 7.11 Å². The second kappa shape index (κ2) is 5.35. The van der Waals surface area contributed by atoms with Gasteiger partial charge >= 0.3 is 0 Å². The van der Waals surface area contributed by atoms with E-state index in [4.69, 9.17) is 16.3 Å². The molecule has 0 saturated heterocycles. The molecule has 16 heavy (non-hydrogen) atoms. The van der Waals surface area contributed by atoms with Gasteiger partial charge in [-0.2, -0.15) is 0 Å². The summed E-state index contributed by atoms with van der Waals surface area (Å²) in [6, 6.07) is 3.50. The Morgan fingerprint density at radius 3 is 2.56 bits per heavy atom. The molecule has 0 fully saturated rings. The molecule has 0 unspecified atom stereocenters. The molecule has 3 heteroatoms. The summed E-state index contributed by atoms with van der Waals surface area (Å²) in [5, 5.41) is 0.605. The summed E-state index contributed by atoms with van der Waals surface area (Å²) >= 11 is 6.02. The fraction of sp³-hybridized carbons (Fsp3) is 0.462. The highest BCUT2D eigenvalue weighted by Gasteiger charge is 2.15. The molecule has 0 aliphatic heterocycles. The summed E-state index contributed by atoms with van der Waals surface area (Å²) in [4.78, 5) is 12.0. The van der Waals surface area contributed by atoms with Crippen molar-refractivity contribution < 1.29 is 9.53 Å². The zero-order chi connectivity index (χ0) is 12.3. The quantitative estimate of drug-likeness (QED) is 0.747. The Labute approximate surface area is 102 Å². The molecule has 0 heterocycles. The molecule has 0 bridgehead atoms. The first kappa shape index (κ1) is 13.0. The van der Waals surface area contributed by atoms with Crippen LogP contribution >= 0.6 is 11.6 Å². The molecule has 1 aromatic carbocycles. The third kappa shape index (κ3) is 2.99. The molecule has 0 aliphatic carbocycles. The topological polar surface area (TPSA) is 26.3 Å². The summed E-state index contributed by atoms with van der Waals surface area (Å²) in [5.41, 5.74) is 1.49. The van der Waals surface area contributed by atoms with Gasteiger partial charge in [-0.1, -0.05) is 25.4 Å². The first-order valence-corrected chi connectivity index (χ1v) is 5.70.